The Morgan fingerprint density at radius 1 is 1.42 bits per heavy atom. The van der Waals surface area contributed by atoms with Gasteiger partial charge in [-0.2, -0.15) is 0 Å². The summed E-state index contributed by atoms with van der Waals surface area (Å²) < 4.78 is 0. The zero-order chi connectivity index (χ0) is 14.0. The van der Waals surface area contributed by atoms with Gasteiger partial charge in [0.05, 0.1) is 0 Å². The largest absolute Gasteiger partial charge is 0.334 e. The summed E-state index contributed by atoms with van der Waals surface area (Å²) >= 11 is 0. The lowest BCUT2D eigenvalue weighted by Gasteiger charge is -2.39. The van der Waals surface area contributed by atoms with E-state index in [0.29, 0.717) is 12.5 Å². The summed E-state index contributed by atoms with van der Waals surface area (Å²) in [7, 11) is 0. The molecule has 3 heteroatoms. The summed E-state index contributed by atoms with van der Waals surface area (Å²) in [4.78, 5) is 14.7. The molecule has 0 bridgehead atoms. The van der Waals surface area contributed by atoms with Crippen LogP contribution in [0.3, 0.4) is 0 Å². The average Bonchev–Trinajstić information content (AvgIpc) is 2.41. The van der Waals surface area contributed by atoms with Crippen molar-refractivity contribution in [3.05, 3.63) is 34.9 Å². The number of nitrogens with two attached hydrogens (primary N) is 1. The maximum Gasteiger partial charge on any atom is 0.254 e. The van der Waals surface area contributed by atoms with Crippen molar-refractivity contribution in [2.45, 2.75) is 39.7 Å². The molecule has 3 nitrogen and oxygen atoms in total. The monoisotopic (exact) mass is 260 g/mol. The van der Waals surface area contributed by atoms with Crippen LogP contribution in [0.25, 0.3) is 0 Å². The van der Waals surface area contributed by atoms with Gasteiger partial charge >= 0.3 is 0 Å². The van der Waals surface area contributed by atoms with Gasteiger partial charge in [0.25, 0.3) is 5.91 Å². The standard InChI is InChI=1S/C16H24N2O/c1-11-6-4-8-14(13(11)3)16(19)18-9-5-7-12(2)15(18)10-17/h4,6,8,12,15H,5,7,9-10,17H2,1-3H3/t12-,15+/m1/s1. The number of piperidine rings is 1. The fourth-order valence-corrected chi connectivity index (χ4v) is 3.00. The second-order valence-corrected chi connectivity index (χ2v) is 5.67. The van der Waals surface area contributed by atoms with Gasteiger partial charge in [-0.1, -0.05) is 19.1 Å². The van der Waals surface area contributed by atoms with Crippen molar-refractivity contribution in [1.82, 2.24) is 4.90 Å². The van der Waals surface area contributed by atoms with Crippen LogP contribution in [0.1, 0.15) is 41.3 Å². The molecule has 0 spiro atoms. The van der Waals surface area contributed by atoms with Gasteiger partial charge in [-0.3, -0.25) is 4.79 Å². The van der Waals surface area contributed by atoms with Crippen LogP contribution in [0.5, 0.6) is 0 Å². The van der Waals surface area contributed by atoms with Gasteiger partial charge in [-0.25, -0.2) is 0 Å². The first-order chi connectivity index (χ1) is 9.06. The van der Waals surface area contributed by atoms with E-state index in [0.717, 1.165) is 24.1 Å². The Kier molecular flexibility index (Phi) is 4.25. The van der Waals surface area contributed by atoms with Crippen molar-refractivity contribution in [1.29, 1.82) is 0 Å². The lowest BCUT2D eigenvalue weighted by Crippen LogP contribution is -2.51. The second kappa shape index (κ2) is 5.74. The minimum atomic E-state index is 0.142. The molecule has 104 valence electrons. The highest BCUT2D eigenvalue weighted by atomic mass is 16.2. The molecule has 1 aromatic rings. The highest BCUT2D eigenvalue weighted by molar-refractivity contribution is 5.96. The third kappa shape index (κ3) is 2.66. The summed E-state index contributed by atoms with van der Waals surface area (Å²) in [5, 5.41) is 0. The Labute approximate surface area is 115 Å². The van der Waals surface area contributed by atoms with Gasteiger partial charge in [0, 0.05) is 24.7 Å². The van der Waals surface area contributed by atoms with Crippen molar-refractivity contribution in [3.63, 3.8) is 0 Å². The minimum Gasteiger partial charge on any atom is -0.334 e. The Balaban J connectivity index is 2.29. The molecule has 1 saturated heterocycles. The van der Waals surface area contributed by atoms with Crippen LogP contribution in [0.2, 0.25) is 0 Å². The third-order valence-electron chi connectivity index (χ3n) is 4.45. The maximum atomic E-state index is 12.8. The van der Waals surface area contributed by atoms with Crippen LogP contribution in [-0.2, 0) is 0 Å². The van der Waals surface area contributed by atoms with Crippen LogP contribution < -0.4 is 5.73 Å². The number of hydrogen-bond acceptors (Lipinski definition) is 2. The van der Waals surface area contributed by atoms with Gasteiger partial charge in [0.15, 0.2) is 0 Å². The van der Waals surface area contributed by atoms with E-state index in [9.17, 15) is 4.79 Å². The molecule has 1 heterocycles. The zero-order valence-corrected chi connectivity index (χ0v) is 12.1. The number of rotatable bonds is 2. The van der Waals surface area contributed by atoms with Crippen LogP contribution in [0.15, 0.2) is 18.2 Å². The lowest BCUT2D eigenvalue weighted by molar-refractivity contribution is 0.0531. The van der Waals surface area contributed by atoms with Crippen molar-refractivity contribution in [2.24, 2.45) is 11.7 Å². The normalized spacial score (nSPS) is 23.5. The van der Waals surface area contributed by atoms with Crippen molar-refractivity contribution >= 4 is 5.91 Å². The summed E-state index contributed by atoms with van der Waals surface area (Å²) in [5.74, 6) is 0.635. The zero-order valence-electron chi connectivity index (χ0n) is 12.1. The summed E-state index contributed by atoms with van der Waals surface area (Å²) in [6, 6.07) is 6.12. The first-order valence-electron chi connectivity index (χ1n) is 7.13. The molecule has 2 atom stereocenters. The molecule has 1 aromatic carbocycles. The number of carbonyl (C=O) groups excluding carboxylic acids is 1. The van der Waals surface area contributed by atoms with Crippen molar-refractivity contribution in [3.8, 4) is 0 Å². The van der Waals surface area contributed by atoms with E-state index in [2.05, 4.69) is 6.92 Å². The fraction of sp³-hybridized carbons (Fsp3) is 0.562. The highest BCUT2D eigenvalue weighted by Gasteiger charge is 2.31. The Bertz CT molecular complexity index is 470. The van der Waals surface area contributed by atoms with Crippen LogP contribution in [-0.4, -0.2) is 29.9 Å². The molecule has 19 heavy (non-hydrogen) atoms. The molecule has 0 unspecified atom stereocenters. The molecule has 1 aliphatic rings. The lowest BCUT2D eigenvalue weighted by atomic mass is 9.89. The molecule has 0 aliphatic carbocycles. The first-order valence-corrected chi connectivity index (χ1v) is 7.13. The molecular formula is C16H24N2O. The van der Waals surface area contributed by atoms with E-state index >= 15 is 0 Å². The number of nitrogens with zero attached hydrogens (tertiary/aromatic N) is 1. The number of benzene rings is 1. The van der Waals surface area contributed by atoms with Gasteiger partial charge < -0.3 is 10.6 Å². The van der Waals surface area contributed by atoms with Crippen LogP contribution >= 0.6 is 0 Å². The number of hydrogen-bond donors (Lipinski definition) is 1. The van der Waals surface area contributed by atoms with E-state index in [-0.39, 0.29) is 11.9 Å². The van der Waals surface area contributed by atoms with Crippen molar-refractivity contribution < 1.29 is 4.79 Å². The molecule has 0 radical (unpaired) electrons. The second-order valence-electron chi connectivity index (χ2n) is 5.67. The number of carbonyl (C=O) groups is 1. The van der Waals surface area contributed by atoms with E-state index in [1.165, 1.54) is 12.0 Å². The molecule has 0 aromatic heterocycles. The SMILES string of the molecule is Cc1cccc(C(=O)N2CCC[C@@H](C)[C@@H]2CN)c1C. The molecule has 2 N–H and O–H groups in total. The topological polar surface area (TPSA) is 46.3 Å². The van der Waals surface area contributed by atoms with Crippen molar-refractivity contribution in [2.75, 3.05) is 13.1 Å². The molecule has 2 rings (SSSR count). The Morgan fingerprint density at radius 2 is 2.16 bits per heavy atom. The van der Waals surface area contributed by atoms with E-state index in [1.807, 2.05) is 36.9 Å². The van der Waals surface area contributed by atoms with E-state index in [1.54, 1.807) is 0 Å². The van der Waals surface area contributed by atoms with Gasteiger partial charge in [-0.15, -0.1) is 0 Å². The number of likely N-dealkylation sites (tertiary alicyclic amines) is 1. The smallest absolute Gasteiger partial charge is 0.254 e. The fourth-order valence-electron chi connectivity index (χ4n) is 3.00. The van der Waals surface area contributed by atoms with Gasteiger partial charge in [-0.05, 0) is 49.8 Å². The molecule has 1 aliphatic heterocycles. The van der Waals surface area contributed by atoms with Crippen LogP contribution in [0, 0.1) is 19.8 Å². The third-order valence-corrected chi connectivity index (χ3v) is 4.45. The first kappa shape index (κ1) is 14.1. The number of amides is 1. The van der Waals surface area contributed by atoms with E-state index < -0.39 is 0 Å². The van der Waals surface area contributed by atoms with Gasteiger partial charge in [0.1, 0.15) is 0 Å². The van der Waals surface area contributed by atoms with E-state index in [4.69, 9.17) is 5.73 Å². The summed E-state index contributed by atoms with van der Waals surface area (Å²) in [6.07, 6.45) is 2.24. The highest BCUT2D eigenvalue weighted by Crippen LogP contribution is 2.25. The minimum absolute atomic E-state index is 0.142. The predicted molar refractivity (Wildman–Crippen MR) is 78.2 cm³/mol. The molecule has 0 saturated carbocycles. The molecule has 1 fully saturated rings. The summed E-state index contributed by atoms with van der Waals surface area (Å²) in [5.41, 5.74) is 8.95. The average molecular weight is 260 g/mol. The maximum absolute atomic E-state index is 12.8. The number of aryl methyl sites for hydroxylation is 1. The van der Waals surface area contributed by atoms with Crippen LogP contribution in [0.4, 0.5) is 0 Å². The quantitative estimate of drug-likeness (QED) is 0.888. The van der Waals surface area contributed by atoms with Gasteiger partial charge in [0.2, 0.25) is 0 Å². The Morgan fingerprint density at radius 3 is 2.84 bits per heavy atom. The molecular weight excluding hydrogens is 236 g/mol. The summed E-state index contributed by atoms with van der Waals surface area (Å²) in [6.45, 7) is 7.65. The molecule has 1 amide bonds. The predicted octanol–water partition coefficient (Wildman–Crippen LogP) is 2.50. The Hall–Kier alpha value is -1.35.